The van der Waals surface area contributed by atoms with E-state index in [9.17, 15) is 13.2 Å². The van der Waals surface area contributed by atoms with Crippen molar-refractivity contribution in [3.8, 4) is 51.6 Å². The molecule has 2 aromatic heterocycles. The minimum absolute atomic E-state index is 0. The number of rotatable bonds is 5. The Morgan fingerprint density at radius 1 is 0.544 bits per heavy atom. The van der Waals surface area contributed by atoms with Gasteiger partial charge in [-0.15, -0.1) is 0 Å². The van der Waals surface area contributed by atoms with Crippen molar-refractivity contribution in [2.75, 3.05) is 0 Å². The summed E-state index contributed by atoms with van der Waals surface area (Å²) < 4.78 is 40.2. The summed E-state index contributed by atoms with van der Waals surface area (Å²) in [6, 6.07) is 31.8. The number of aromatic nitrogens is 6. The minimum atomic E-state index is -1.66. The monoisotopic (exact) mass is 796 g/mol. The van der Waals surface area contributed by atoms with Crippen LogP contribution in [-0.2, 0) is 0 Å². The maximum Gasteiger partial charge on any atom is 0.487 e. The zero-order valence-electron chi connectivity index (χ0n) is 28.9. The summed E-state index contributed by atoms with van der Waals surface area (Å²) in [7, 11) is -1.66. The molecule has 0 aliphatic carbocycles. The van der Waals surface area contributed by atoms with E-state index >= 15 is 0 Å². The molecule has 3 radical (unpaired) electrons. The van der Waals surface area contributed by atoms with Gasteiger partial charge in [-0.3, -0.25) is 0 Å². The van der Waals surface area contributed by atoms with E-state index in [4.69, 9.17) is 51.7 Å². The van der Waals surface area contributed by atoms with E-state index < -0.39 is 24.6 Å². The zero-order valence-corrected chi connectivity index (χ0v) is 30.4. The molecule has 0 atom stereocenters. The second-order valence-electron chi connectivity index (χ2n) is 11.0. The Labute approximate surface area is 336 Å². The molecule has 0 bridgehead atoms. The van der Waals surface area contributed by atoms with E-state index in [0.29, 0.717) is 22.8 Å². The lowest BCUT2D eigenvalue weighted by molar-refractivity contribution is 0.425. The molecule has 0 amide bonds. The maximum atomic E-state index is 13.8. The van der Waals surface area contributed by atoms with Crippen LogP contribution < -0.4 is 5.46 Å². The normalized spacial score (nSPS) is 9.82. The van der Waals surface area contributed by atoms with Crippen LogP contribution in [0.5, 0.6) is 0 Å². The van der Waals surface area contributed by atoms with E-state index in [0.717, 1.165) is 23.3 Å². The number of hydrogen-bond donors (Lipinski definition) is 2. The second kappa shape index (κ2) is 20.1. The number of nitriles is 1. The first kappa shape index (κ1) is 42.7. The van der Waals surface area contributed by atoms with Crippen molar-refractivity contribution >= 4 is 55.6 Å². The lowest BCUT2D eigenvalue weighted by atomic mass is 9.80. The molecule has 57 heavy (non-hydrogen) atoms. The smallest absolute Gasteiger partial charge is 0.423 e. The highest BCUT2D eigenvalue weighted by molar-refractivity contribution is 6.58. The quantitative estimate of drug-likeness (QED) is 0.130. The molecule has 18 heteroatoms. The van der Waals surface area contributed by atoms with Gasteiger partial charge >= 0.3 is 7.12 Å². The molecular formula is C39H21B2Cl2F3N9O2. The molecule has 0 aliphatic heterocycles. The first-order valence-corrected chi connectivity index (χ1v) is 16.6. The van der Waals surface area contributed by atoms with Gasteiger partial charge in [0.15, 0.2) is 23.3 Å². The van der Waals surface area contributed by atoms with Gasteiger partial charge < -0.3 is 10.0 Å². The van der Waals surface area contributed by atoms with Gasteiger partial charge in [0.05, 0.1) is 18.7 Å². The summed E-state index contributed by atoms with van der Waals surface area (Å²) >= 11 is 11.3. The third-order valence-corrected chi connectivity index (χ3v) is 7.68. The molecule has 0 unspecified atom stereocenters. The van der Waals surface area contributed by atoms with Crippen LogP contribution >= 0.6 is 23.2 Å². The minimum Gasteiger partial charge on any atom is -0.423 e. The standard InChI is InChI=1S/C23H11F2N5.C9H5Cl2N3.C7H5BFNO2.B/c1-27-20-12-16(8-10-19(20)25)23-29-21(14-5-3-2-4-6-14)28-22(30-23)15-7-9-18(24)17(11-15)13-26;10-8-12-7(13-9(11)14-8)6-4-2-1-3-5-6;1-10-7-4-5(8(11)12)2-3-6(7)9;/h2-12H;1-5H;2-4,11-12H;. The van der Waals surface area contributed by atoms with Crippen LogP contribution in [0.3, 0.4) is 0 Å². The Morgan fingerprint density at radius 3 is 1.44 bits per heavy atom. The van der Waals surface area contributed by atoms with Crippen LogP contribution in [-0.4, -0.2) is 55.5 Å². The molecule has 7 rings (SSSR count). The average molecular weight is 797 g/mol. The highest BCUT2D eigenvalue weighted by atomic mass is 35.5. The van der Waals surface area contributed by atoms with Gasteiger partial charge in [-0.05, 0) is 65.1 Å². The predicted octanol–water partition coefficient (Wildman–Crippen LogP) is 8.09. The Kier molecular flexibility index (Phi) is 15.1. The molecule has 0 saturated heterocycles. The molecule has 0 spiro atoms. The third kappa shape index (κ3) is 11.3. The molecule has 2 N–H and O–H groups in total. The van der Waals surface area contributed by atoms with Crippen LogP contribution in [0, 0.1) is 41.9 Å². The van der Waals surface area contributed by atoms with E-state index in [1.54, 1.807) is 6.07 Å². The first-order chi connectivity index (χ1) is 27.0. The highest BCUT2D eigenvalue weighted by Gasteiger charge is 2.16. The van der Waals surface area contributed by atoms with Crippen molar-refractivity contribution < 1.29 is 23.2 Å². The summed E-state index contributed by atoms with van der Waals surface area (Å²) in [4.78, 5) is 31.0. The molecule has 11 nitrogen and oxygen atoms in total. The average Bonchev–Trinajstić information content (AvgIpc) is 3.22. The second-order valence-corrected chi connectivity index (χ2v) is 11.7. The fourth-order valence-corrected chi connectivity index (χ4v) is 5.02. The van der Waals surface area contributed by atoms with Gasteiger partial charge in [-0.25, -0.2) is 37.8 Å². The number of nitrogens with zero attached hydrogens (tertiary/aromatic N) is 9. The number of benzene rings is 5. The lowest BCUT2D eigenvalue weighted by Gasteiger charge is -2.09. The third-order valence-electron chi connectivity index (χ3n) is 7.34. The van der Waals surface area contributed by atoms with Gasteiger partial charge in [0, 0.05) is 30.7 Å². The maximum absolute atomic E-state index is 13.8. The van der Waals surface area contributed by atoms with E-state index in [1.807, 2.05) is 60.7 Å². The van der Waals surface area contributed by atoms with Gasteiger partial charge in [0.25, 0.3) is 0 Å². The van der Waals surface area contributed by atoms with Gasteiger partial charge in [0.1, 0.15) is 23.5 Å². The fraction of sp³-hybridized carbons (Fsp3) is 0. The van der Waals surface area contributed by atoms with Crippen molar-refractivity contribution in [2.24, 2.45) is 0 Å². The zero-order chi connectivity index (χ0) is 40.2. The molecule has 275 valence electrons. The highest BCUT2D eigenvalue weighted by Crippen LogP contribution is 2.29. The van der Waals surface area contributed by atoms with Crippen molar-refractivity contribution in [3.63, 3.8) is 0 Å². The van der Waals surface area contributed by atoms with Crippen molar-refractivity contribution in [1.82, 2.24) is 29.9 Å². The number of halogens is 5. The molecule has 2 heterocycles. The van der Waals surface area contributed by atoms with Crippen LogP contribution in [0.15, 0.2) is 115 Å². The van der Waals surface area contributed by atoms with Crippen molar-refractivity contribution in [1.29, 1.82) is 5.26 Å². The summed E-state index contributed by atoms with van der Waals surface area (Å²) in [5.74, 6) is -0.643. The largest absolute Gasteiger partial charge is 0.487 e. The van der Waals surface area contributed by atoms with E-state index in [-0.39, 0.29) is 53.0 Å². The van der Waals surface area contributed by atoms with E-state index in [2.05, 4.69) is 39.6 Å². The van der Waals surface area contributed by atoms with Gasteiger partial charge in [-0.1, -0.05) is 78.9 Å². The van der Waals surface area contributed by atoms with Gasteiger partial charge in [-0.2, -0.15) is 20.2 Å². The van der Waals surface area contributed by atoms with Crippen LogP contribution in [0.2, 0.25) is 10.6 Å². The Bertz CT molecular complexity index is 2550. The summed E-state index contributed by atoms with van der Waals surface area (Å²) in [6.45, 7) is 13.7. The summed E-state index contributed by atoms with van der Waals surface area (Å²) in [6.07, 6.45) is 0. The van der Waals surface area contributed by atoms with Crippen LogP contribution in [0.25, 0.3) is 55.2 Å². The Morgan fingerprint density at radius 2 is 0.965 bits per heavy atom. The lowest BCUT2D eigenvalue weighted by Crippen LogP contribution is -2.29. The Hall–Kier alpha value is -6.99. The molecule has 0 aliphatic rings. The summed E-state index contributed by atoms with van der Waals surface area (Å²) in [5.41, 5.74) is 2.07. The molecule has 0 saturated carbocycles. The molecule has 5 aromatic carbocycles. The molecular weight excluding hydrogens is 776 g/mol. The molecule has 7 aromatic rings. The van der Waals surface area contributed by atoms with Crippen molar-refractivity contribution in [2.45, 2.75) is 0 Å². The SMILES string of the molecule is Clc1nc(Cl)nc(-c2ccccc2)n1.[B].[C-]#[N+]c1cc(-c2nc(-c3ccccc3)nc(-c3ccc(F)c(C#N)c3)n2)ccc1F.[C-]#[N+]c1cc(B(O)O)ccc1F. The predicted molar refractivity (Wildman–Crippen MR) is 211 cm³/mol. The van der Waals surface area contributed by atoms with Crippen LogP contribution in [0.1, 0.15) is 5.56 Å². The molecule has 0 fully saturated rings. The summed E-state index contributed by atoms with van der Waals surface area (Å²) in [5, 5.41) is 26.7. The first-order valence-electron chi connectivity index (χ1n) is 15.8. The van der Waals surface area contributed by atoms with Crippen LogP contribution in [0.4, 0.5) is 24.5 Å². The van der Waals surface area contributed by atoms with Crippen molar-refractivity contribution in [3.05, 3.63) is 172 Å². The number of hydrogen-bond acceptors (Lipinski definition) is 9. The van der Waals surface area contributed by atoms with E-state index in [1.165, 1.54) is 42.5 Å². The Balaban J connectivity index is 0.000000221. The fourth-order valence-electron chi connectivity index (χ4n) is 4.66. The topological polar surface area (TPSA) is 150 Å². The van der Waals surface area contributed by atoms with Gasteiger partial charge in [0.2, 0.25) is 21.9 Å².